The lowest BCUT2D eigenvalue weighted by Gasteiger charge is -2.50. The van der Waals surface area contributed by atoms with Crippen LogP contribution in [0, 0.1) is 11.3 Å². The Hall–Kier alpha value is -0.0800. The second-order valence-corrected chi connectivity index (χ2v) is 5.72. The SMILES string of the molecule is C[C@@H]1CN(C)C[C@]2(CCCCC2N)C1. The van der Waals surface area contributed by atoms with Gasteiger partial charge in [0.05, 0.1) is 0 Å². The summed E-state index contributed by atoms with van der Waals surface area (Å²) in [6.45, 7) is 4.87. The summed E-state index contributed by atoms with van der Waals surface area (Å²) in [5.41, 5.74) is 6.81. The Balaban J connectivity index is 2.11. The number of nitrogens with two attached hydrogens (primary N) is 1. The van der Waals surface area contributed by atoms with Crippen molar-refractivity contribution in [3.05, 3.63) is 0 Å². The number of piperidine rings is 1. The first-order chi connectivity index (χ1) is 6.62. The summed E-state index contributed by atoms with van der Waals surface area (Å²) in [6.07, 6.45) is 6.72. The van der Waals surface area contributed by atoms with Crippen molar-refractivity contribution in [2.45, 2.75) is 45.1 Å². The predicted molar refractivity (Wildman–Crippen MR) is 60.2 cm³/mol. The average molecular weight is 196 g/mol. The fourth-order valence-electron chi connectivity index (χ4n) is 3.74. The Kier molecular flexibility index (Phi) is 2.85. The molecule has 1 saturated heterocycles. The lowest BCUT2D eigenvalue weighted by atomic mass is 9.64. The third kappa shape index (κ3) is 1.82. The normalized spacial score (nSPS) is 45.6. The molecule has 1 aliphatic carbocycles. The summed E-state index contributed by atoms with van der Waals surface area (Å²) >= 11 is 0. The van der Waals surface area contributed by atoms with E-state index in [2.05, 4.69) is 18.9 Å². The second kappa shape index (κ2) is 3.82. The molecule has 0 aromatic heterocycles. The number of rotatable bonds is 0. The van der Waals surface area contributed by atoms with E-state index < -0.39 is 0 Å². The van der Waals surface area contributed by atoms with Gasteiger partial charge in [0, 0.05) is 19.1 Å². The first kappa shape index (κ1) is 10.4. The van der Waals surface area contributed by atoms with Crippen molar-refractivity contribution in [3.8, 4) is 0 Å². The van der Waals surface area contributed by atoms with Gasteiger partial charge in [-0.2, -0.15) is 0 Å². The molecule has 2 nitrogen and oxygen atoms in total. The fourth-order valence-corrected chi connectivity index (χ4v) is 3.74. The highest BCUT2D eigenvalue weighted by Gasteiger charge is 2.42. The minimum absolute atomic E-state index is 0.460. The molecule has 0 aromatic rings. The quantitative estimate of drug-likeness (QED) is 0.640. The van der Waals surface area contributed by atoms with Crippen molar-refractivity contribution in [3.63, 3.8) is 0 Å². The molecule has 1 aliphatic heterocycles. The van der Waals surface area contributed by atoms with Crippen LogP contribution in [-0.2, 0) is 0 Å². The Morgan fingerprint density at radius 2 is 2.14 bits per heavy atom. The fraction of sp³-hybridized carbons (Fsp3) is 1.00. The molecular formula is C12H24N2. The maximum atomic E-state index is 6.34. The topological polar surface area (TPSA) is 29.3 Å². The molecule has 0 radical (unpaired) electrons. The van der Waals surface area contributed by atoms with Gasteiger partial charge in [-0.15, -0.1) is 0 Å². The number of hydrogen-bond acceptors (Lipinski definition) is 2. The van der Waals surface area contributed by atoms with Gasteiger partial charge in [-0.25, -0.2) is 0 Å². The van der Waals surface area contributed by atoms with Crippen LogP contribution in [-0.4, -0.2) is 31.1 Å². The number of nitrogens with zero attached hydrogens (tertiary/aromatic N) is 1. The molecule has 0 aromatic carbocycles. The maximum absolute atomic E-state index is 6.34. The molecule has 2 heteroatoms. The van der Waals surface area contributed by atoms with Gasteiger partial charge in [-0.3, -0.25) is 0 Å². The van der Waals surface area contributed by atoms with Gasteiger partial charge >= 0.3 is 0 Å². The molecule has 3 atom stereocenters. The van der Waals surface area contributed by atoms with E-state index in [1.807, 2.05) is 0 Å². The standard InChI is InChI=1S/C12H24N2/c1-10-7-12(9-14(2)8-10)6-4-3-5-11(12)13/h10-11H,3-9,13H2,1-2H3/t10-,11?,12-/m0/s1. The monoisotopic (exact) mass is 196 g/mol. The molecule has 2 aliphatic rings. The van der Waals surface area contributed by atoms with Gasteiger partial charge in [-0.1, -0.05) is 19.8 Å². The van der Waals surface area contributed by atoms with Crippen LogP contribution in [0.4, 0.5) is 0 Å². The van der Waals surface area contributed by atoms with E-state index in [9.17, 15) is 0 Å². The predicted octanol–water partition coefficient (Wildman–Crippen LogP) is 1.85. The van der Waals surface area contributed by atoms with E-state index in [1.54, 1.807) is 0 Å². The van der Waals surface area contributed by atoms with Crippen LogP contribution in [0.5, 0.6) is 0 Å². The van der Waals surface area contributed by atoms with Crippen LogP contribution >= 0.6 is 0 Å². The van der Waals surface area contributed by atoms with E-state index >= 15 is 0 Å². The van der Waals surface area contributed by atoms with Crippen LogP contribution in [0.15, 0.2) is 0 Å². The van der Waals surface area contributed by atoms with Gasteiger partial charge < -0.3 is 10.6 Å². The molecule has 2 fully saturated rings. The highest BCUT2D eigenvalue weighted by molar-refractivity contribution is 4.97. The third-order valence-corrected chi connectivity index (χ3v) is 4.19. The molecule has 1 spiro atoms. The highest BCUT2D eigenvalue weighted by atomic mass is 15.1. The number of hydrogen-bond donors (Lipinski definition) is 1. The lowest BCUT2D eigenvalue weighted by Crippen LogP contribution is -2.55. The summed E-state index contributed by atoms with van der Waals surface area (Å²) in [6, 6.07) is 0.460. The summed E-state index contributed by atoms with van der Waals surface area (Å²) < 4.78 is 0. The van der Waals surface area contributed by atoms with Crippen LogP contribution < -0.4 is 5.73 Å². The van der Waals surface area contributed by atoms with Crippen molar-refractivity contribution in [1.82, 2.24) is 4.90 Å². The third-order valence-electron chi connectivity index (χ3n) is 4.19. The Labute approximate surface area is 87.8 Å². The van der Waals surface area contributed by atoms with Crippen molar-refractivity contribution in [2.24, 2.45) is 17.1 Å². The first-order valence-electron chi connectivity index (χ1n) is 6.06. The minimum Gasteiger partial charge on any atom is -0.327 e. The van der Waals surface area contributed by atoms with Gasteiger partial charge in [0.1, 0.15) is 0 Å². The van der Waals surface area contributed by atoms with E-state index in [4.69, 9.17) is 5.73 Å². The van der Waals surface area contributed by atoms with Crippen LogP contribution in [0.1, 0.15) is 39.0 Å². The first-order valence-corrected chi connectivity index (χ1v) is 6.06. The largest absolute Gasteiger partial charge is 0.327 e. The van der Waals surface area contributed by atoms with E-state index in [1.165, 1.54) is 45.2 Å². The van der Waals surface area contributed by atoms with E-state index in [0.29, 0.717) is 11.5 Å². The van der Waals surface area contributed by atoms with Crippen molar-refractivity contribution in [2.75, 3.05) is 20.1 Å². The Bertz CT molecular complexity index is 192. The molecular weight excluding hydrogens is 172 g/mol. The molecule has 1 unspecified atom stereocenters. The zero-order valence-electron chi connectivity index (χ0n) is 9.63. The number of likely N-dealkylation sites (tertiary alicyclic amines) is 1. The average Bonchev–Trinajstić information content (AvgIpc) is 2.08. The van der Waals surface area contributed by atoms with Crippen molar-refractivity contribution >= 4 is 0 Å². The lowest BCUT2D eigenvalue weighted by molar-refractivity contribution is 0.0220. The Morgan fingerprint density at radius 3 is 2.79 bits per heavy atom. The van der Waals surface area contributed by atoms with Gasteiger partial charge in [0.25, 0.3) is 0 Å². The van der Waals surface area contributed by atoms with Crippen LogP contribution in [0.25, 0.3) is 0 Å². The van der Waals surface area contributed by atoms with Crippen molar-refractivity contribution in [1.29, 1.82) is 0 Å². The minimum atomic E-state index is 0.460. The molecule has 0 bridgehead atoms. The molecule has 14 heavy (non-hydrogen) atoms. The molecule has 2 rings (SSSR count). The van der Waals surface area contributed by atoms with E-state index in [-0.39, 0.29) is 0 Å². The van der Waals surface area contributed by atoms with Crippen LogP contribution in [0.2, 0.25) is 0 Å². The zero-order valence-corrected chi connectivity index (χ0v) is 9.63. The molecule has 2 N–H and O–H groups in total. The molecule has 82 valence electrons. The van der Waals surface area contributed by atoms with Crippen LogP contribution in [0.3, 0.4) is 0 Å². The Morgan fingerprint density at radius 1 is 1.36 bits per heavy atom. The molecule has 1 heterocycles. The molecule has 1 saturated carbocycles. The van der Waals surface area contributed by atoms with Gasteiger partial charge in [-0.05, 0) is 37.6 Å². The highest BCUT2D eigenvalue weighted by Crippen LogP contribution is 2.43. The second-order valence-electron chi connectivity index (χ2n) is 5.72. The zero-order chi connectivity index (χ0) is 10.2. The maximum Gasteiger partial charge on any atom is 0.0108 e. The van der Waals surface area contributed by atoms with Gasteiger partial charge in [0.15, 0.2) is 0 Å². The van der Waals surface area contributed by atoms with Crippen molar-refractivity contribution < 1.29 is 0 Å². The summed E-state index contributed by atoms with van der Waals surface area (Å²) in [7, 11) is 2.25. The van der Waals surface area contributed by atoms with Gasteiger partial charge in [0.2, 0.25) is 0 Å². The summed E-state index contributed by atoms with van der Waals surface area (Å²) in [4.78, 5) is 2.49. The van der Waals surface area contributed by atoms with E-state index in [0.717, 1.165) is 5.92 Å². The summed E-state index contributed by atoms with van der Waals surface area (Å²) in [5, 5.41) is 0. The summed E-state index contributed by atoms with van der Waals surface area (Å²) in [5.74, 6) is 0.831. The molecule has 0 amide bonds. The smallest absolute Gasteiger partial charge is 0.0108 e.